The van der Waals surface area contributed by atoms with Gasteiger partial charge in [0, 0.05) is 12.1 Å². The SMILES string of the molecule is COc1ccc(C(=C(c2ccc(OC)cc2)C(F)(F)F)c2ccc(OCCN(C)C)cc2)cc1. The summed E-state index contributed by atoms with van der Waals surface area (Å²) in [4.78, 5) is 1.99. The lowest BCUT2D eigenvalue weighted by molar-refractivity contribution is -0.0685. The van der Waals surface area contributed by atoms with Gasteiger partial charge in [0.05, 0.1) is 19.8 Å². The molecule has 0 aliphatic rings. The molecule has 0 fully saturated rings. The highest BCUT2D eigenvalue weighted by atomic mass is 19.4. The topological polar surface area (TPSA) is 30.9 Å². The second-order valence-electron chi connectivity index (χ2n) is 7.88. The average Bonchev–Trinajstić information content (AvgIpc) is 2.82. The molecule has 3 rings (SSSR count). The Bertz CT molecular complexity index is 1090. The molecule has 0 bridgehead atoms. The van der Waals surface area contributed by atoms with E-state index in [0.29, 0.717) is 35.0 Å². The van der Waals surface area contributed by atoms with Gasteiger partial charge in [0.1, 0.15) is 23.9 Å². The van der Waals surface area contributed by atoms with Gasteiger partial charge >= 0.3 is 6.18 Å². The van der Waals surface area contributed by atoms with Gasteiger partial charge in [-0.15, -0.1) is 0 Å². The van der Waals surface area contributed by atoms with Crippen molar-refractivity contribution in [3.8, 4) is 17.2 Å². The monoisotopic (exact) mass is 471 g/mol. The van der Waals surface area contributed by atoms with E-state index in [2.05, 4.69) is 0 Å². The van der Waals surface area contributed by atoms with Gasteiger partial charge in [-0.05, 0) is 67.2 Å². The molecule has 0 N–H and O–H groups in total. The molecule has 0 aromatic heterocycles. The standard InChI is InChI=1S/C27H28F3NO3/c1-31(2)17-18-34-24-15-7-20(8-16-24)25(19-5-11-22(32-3)12-6-19)26(27(28,29)30)21-9-13-23(33-4)14-10-21/h5-16H,17-18H2,1-4H3. The summed E-state index contributed by atoms with van der Waals surface area (Å²) in [7, 11) is 6.87. The lowest BCUT2D eigenvalue weighted by atomic mass is 9.89. The van der Waals surface area contributed by atoms with Gasteiger partial charge in [-0.2, -0.15) is 13.2 Å². The highest BCUT2D eigenvalue weighted by Crippen LogP contribution is 2.43. The number of benzene rings is 3. The van der Waals surface area contributed by atoms with E-state index in [0.717, 1.165) is 6.54 Å². The number of nitrogens with zero attached hydrogens (tertiary/aromatic N) is 1. The van der Waals surface area contributed by atoms with Crippen LogP contribution in [-0.2, 0) is 0 Å². The zero-order valence-electron chi connectivity index (χ0n) is 19.6. The van der Waals surface area contributed by atoms with Gasteiger partial charge in [-0.1, -0.05) is 36.4 Å². The van der Waals surface area contributed by atoms with Crippen LogP contribution in [0.2, 0.25) is 0 Å². The van der Waals surface area contributed by atoms with E-state index in [1.807, 2.05) is 19.0 Å². The van der Waals surface area contributed by atoms with Crippen molar-refractivity contribution in [2.24, 2.45) is 0 Å². The largest absolute Gasteiger partial charge is 0.497 e. The van der Waals surface area contributed by atoms with Gasteiger partial charge in [0.2, 0.25) is 0 Å². The minimum atomic E-state index is -4.61. The van der Waals surface area contributed by atoms with E-state index in [-0.39, 0.29) is 11.1 Å². The number of halogens is 3. The first-order chi connectivity index (χ1) is 16.2. The highest BCUT2D eigenvalue weighted by Gasteiger charge is 2.38. The Kier molecular flexibility index (Phi) is 8.23. The van der Waals surface area contributed by atoms with Crippen LogP contribution in [0, 0.1) is 0 Å². The Morgan fingerprint density at radius 2 is 1.09 bits per heavy atom. The lowest BCUT2D eigenvalue weighted by Crippen LogP contribution is -2.19. The average molecular weight is 472 g/mol. The molecule has 0 heterocycles. The molecular weight excluding hydrogens is 443 g/mol. The highest BCUT2D eigenvalue weighted by molar-refractivity contribution is 6.00. The minimum Gasteiger partial charge on any atom is -0.497 e. The Hall–Kier alpha value is -3.45. The minimum absolute atomic E-state index is 0.0467. The van der Waals surface area contributed by atoms with Crippen molar-refractivity contribution >= 4 is 11.1 Å². The summed E-state index contributed by atoms with van der Waals surface area (Å²) < 4.78 is 59.6. The molecule has 0 saturated carbocycles. The quantitative estimate of drug-likeness (QED) is 0.350. The Morgan fingerprint density at radius 1 is 0.676 bits per heavy atom. The van der Waals surface area contributed by atoms with E-state index >= 15 is 0 Å². The fourth-order valence-electron chi connectivity index (χ4n) is 3.48. The Morgan fingerprint density at radius 3 is 1.47 bits per heavy atom. The summed E-state index contributed by atoms with van der Waals surface area (Å²) in [6.07, 6.45) is -4.61. The summed E-state index contributed by atoms with van der Waals surface area (Å²) >= 11 is 0. The Labute approximate surface area is 198 Å². The number of likely N-dealkylation sites (N-methyl/N-ethyl adjacent to an activating group) is 1. The van der Waals surface area contributed by atoms with E-state index < -0.39 is 11.7 Å². The van der Waals surface area contributed by atoms with Crippen molar-refractivity contribution in [3.63, 3.8) is 0 Å². The first-order valence-electron chi connectivity index (χ1n) is 10.7. The molecule has 0 atom stereocenters. The van der Waals surface area contributed by atoms with Crippen LogP contribution in [0.3, 0.4) is 0 Å². The molecule has 3 aromatic rings. The van der Waals surface area contributed by atoms with Crippen LogP contribution in [0.4, 0.5) is 13.2 Å². The molecule has 180 valence electrons. The number of alkyl halides is 3. The van der Waals surface area contributed by atoms with Crippen LogP contribution < -0.4 is 14.2 Å². The molecule has 7 heteroatoms. The molecule has 0 radical (unpaired) electrons. The van der Waals surface area contributed by atoms with Crippen LogP contribution in [0.25, 0.3) is 11.1 Å². The van der Waals surface area contributed by atoms with Crippen LogP contribution in [0.1, 0.15) is 16.7 Å². The molecule has 0 saturated heterocycles. The second-order valence-corrected chi connectivity index (χ2v) is 7.88. The summed E-state index contributed by atoms with van der Waals surface area (Å²) in [5.74, 6) is 1.64. The van der Waals surface area contributed by atoms with Crippen molar-refractivity contribution < 1.29 is 27.4 Å². The van der Waals surface area contributed by atoms with Crippen LogP contribution in [0.15, 0.2) is 72.8 Å². The summed E-state index contributed by atoms with van der Waals surface area (Å²) in [5.41, 5.74) is 0.227. The maximum atomic E-state index is 14.5. The van der Waals surface area contributed by atoms with Crippen LogP contribution >= 0.6 is 0 Å². The van der Waals surface area contributed by atoms with Crippen LogP contribution in [0.5, 0.6) is 17.2 Å². The smallest absolute Gasteiger partial charge is 0.417 e. The number of allylic oxidation sites excluding steroid dienone is 1. The summed E-state index contributed by atoms with van der Waals surface area (Å²) in [6, 6.07) is 19.1. The number of ether oxygens (including phenoxy) is 3. The third-order valence-electron chi connectivity index (χ3n) is 5.24. The van der Waals surface area contributed by atoms with E-state index in [1.165, 1.54) is 38.5 Å². The summed E-state index contributed by atoms with van der Waals surface area (Å²) in [6.45, 7) is 1.21. The van der Waals surface area contributed by atoms with E-state index in [9.17, 15) is 13.2 Å². The van der Waals surface area contributed by atoms with Gasteiger partial charge in [-0.25, -0.2) is 0 Å². The van der Waals surface area contributed by atoms with Crippen LogP contribution in [-0.4, -0.2) is 52.5 Å². The molecule has 34 heavy (non-hydrogen) atoms. The van der Waals surface area contributed by atoms with Crippen molar-refractivity contribution in [1.29, 1.82) is 0 Å². The second kappa shape index (κ2) is 11.1. The fourth-order valence-corrected chi connectivity index (χ4v) is 3.48. The number of hydrogen-bond acceptors (Lipinski definition) is 4. The predicted octanol–water partition coefficient (Wildman–Crippen LogP) is 6.17. The van der Waals surface area contributed by atoms with Gasteiger partial charge in [0.15, 0.2) is 0 Å². The van der Waals surface area contributed by atoms with Gasteiger partial charge < -0.3 is 19.1 Å². The molecule has 0 aliphatic carbocycles. The molecule has 0 spiro atoms. The predicted molar refractivity (Wildman–Crippen MR) is 128 cm³/mol. The maximum Gasteiger partial charge on any atom is 0.417 e. The summed E-state index contributed by atoms with van der Waals surface area (Å²) in [5, 5.41) is 0. The van der Waals surface area contributed by atoms with Gasteiger partial charge in [0.25, 0.3) is 0 Å². The lowest BCUT2D eigenvalue weighted by Gasteiger charge is -2.20. The normalized spacial score (nSPS) is 12.4. The van der Waals surface area contributed by atoms with Crippen molar-refractivity contribution in [3.05, 3.63) is 89.5 Å². The molecular formula is C27H28F3NO3. The Balaban J connectivity index is 2.15. The number of methoxy groups -OCH3 is 2. The van der Waals surface area contributed by atoms with E-state index in [4.69, 9.17) is 14.2 Å². The maximum absolute atomic E-state index is 14.5. The van der Waals surface area contributed by atoms with Crippen molar-refractivity contribution in [2.45, 2.75) is 6.18 Å². The van der Waals surface area contributed by atoms with Crippen molar-refractivity contribution in [2.75, 3.05) is 41.5 Å². The zero-order valence-corrected chi connectivity index (χ0v) is 19.6. The zero-order chi connectivity index (χ0) is 24.7. The third-order valence-corrected chi connectivity index (χ3v) is 5.24. The molecule has 4 nitrogen and oxygen atoms in total. The first-order valence-corrected chi connectivity index (χ1v) is 10.7. The number of hydrogen-bond donors (Lipinski definition) is 0. The molecule has 0 unspecified atom stereocenters. The molecule has 3 aromatic carbocycles. The van der Waals surface area contributed by atoms with E-state index in [1.54, 1.807) is 48.5 Å². The third kappa shape index (κ3) is 6.32. The first kappa shape index (κ1) is 25.2. The molecule has 0 amide bonds. The number of rotatable bonds is 9. The van der Waals surface area contributed by atoms with Gasteiger partial charge in [-0.3, -0.25) is 0 Å². The van der Waals surface area contributed by atoms with Crippen molar-refractivity contribution in [1.82, 2.24) is 4.90 Å². The fraction of sp³-hybridized carbons (Fsp3) is 0.259. The molecule has 0 aliphatic heterocycles.